The Morgan fingerprint density at radius 1 is 1.42 bits per heavy atom. The van der Waals surface area contributed by atoms with Gasteiger partial charge in [-0.1, -0.05) is 0 Å². The molecule has 0 saturated heterocycles. The number of carbonyl (C=O) groups is 1. The number of halogens is 3. The molecule has 1 rings (SSSR count). The highest BCUT2D eigenvalue weighted by Gasteiger charge is 2.21. The summed E-state index contributed by atoms with van der Waals surface area (Å²) in [5.74, 6) is -3.88. The molecule has 0 aliphatic carbocycles. The van der Waals surface area contributed by atoms with E-state index in [-0.39, 0.29) is 13.2 Å². The van der Waals surface area contributed by atoms with Gasteiger partial charge in [0.1, 0.15) is 0 Å². The van der Waals surface area contributed by atoms with Crippen LogP contribution in [-0.2, 0) is 13.8 Å². The van der Waals surface area contributed by atoms with E-state index in [0.29, 0.717) is 12.1 Å². The van der Waals surface area contributed by atoms with Gasteiger partial charge in [0.15, 0.2) is 11.6 Å². The fourth-order valence-electron chi connectivity index (χ4n) is 1.23. The Bertz CT molecular complexity index is 591. The number of methoxy groups -OCH3 is 1. The molecule has 1 amide bonds. The normalized spacial score (nSPS) is 11.4. The fourth-order valence-corrected chi connectivity index (χ4v) is 2.00. The summed E-state index contributed by atoms with van der Waals surface area (Å²) in [4.78, 5) is 10.9. The first-order valence-electron chi connectivity index (χ1n) is 4.98. The number of hydrogen-bond acceptors (Lipinski definition) is 4. The van der Waals surface area contributed by atoms with Gasteiger partial charge < -0.3 is 10.1 Å². The van der Waals surface area contributed by atoms with E-state index < -0.39 is 37.1 Å². The van der Waals surface area contributed by atoms with E-state index in [1.165, 1.54) is 7.11 Å². The molecule has 0 unspecified atom stereocenters. The van der Waals surface area contributed by atoms with E-state index in [1.807, 2.05) is 0 Å². The number of nitrogens with one attached hydrogen (secondary N) is 1. The van der Waals surface area contributed by atoms with Crippen molar-refractivity contribution in [1.29, 1.82) is 0 Å². The van der Waals surface area contributed by atoms with Gasteiger partial charge in [-0.25, -0.2) is 17.2 Å². The van der Waals surface area contributed by atoms with Gasteiger partial charge in [0.05, 0.1) is 17.1 Å². The maximum absolute atomic E-state index is 13.4. The molecule has 0 saturated carbocycles. The fraction of sp³-hybridized carbons (Fsp3) is 0.300. The standard InChI is InChI=1S/C10H10ClF2NO4S/c1-18-3-2-14-10(15)7-4-6(19(11,16)17)5-8(12)9(7)13/h4-5H,2-3H2,1H3,(H,14,15). The molecule has 1 N–H and O–H groups in total. The van der Waals surface area contributed by atoms with Gasteiger partial charge in [-0.15, -0.1) is 0 Å². The lowest BCUT2D eigenvalue weighted by Crippen LogP contribution is -2.28. The Kier molecular flexibility index (Phi) is 5.21. The molecule has 0 aromatic heterocycles. The Balaban J connectivity index is 3.13. The van der Waals surface area contributed by atoms with Crippen LogP contribution in [0.15, 0.2) is 17.0 Å². The zero-order valence-electron chi connectivity index (χ0n) is 9.74. The lowest BCUT2D eigenvalue weighted by molar-refractivity contribution is 0.0931. The molecule has 5 nitrogen and oxygen atoms in total. The third-order valence-electron chi connectivity index (χ3n) is 2.12. The average molecular weight is 314 g/mol. The maximum Gasteiger partial charge on any atom is 0.261 e. The number of benzene rings is 1. The lowest BCUT2D eigenvalue weighted by atomic mass is 10.2. The largest absolute Gasteiger partial charge is 0.383 e. The van der Waals surface area contributed by atoms with E-state index in [9.17, 15) is 22.0 Å². The van der Waals surface area contributed by atoms with Crippen LogP contribution < -0.4 is 5.32 Å². The SMILES string of the molecule is COCCNC(=O)c1cc(S(=O)(=O)Cl)cc(F)c1F. The van der Waals surface area contributed by atoms with Gasteiger partial charge in [0.25, 0.3) is 15.0 Å². The minimum atomic E-state index is -4.26. The predicted octanol–water partition coefficient (Wildman–Crippen LogP) is 1.27. The van der Waals surface area contributed by atoms with Crippen molar-refractivity contribution in [3.63, 3.8) is 0 Å². The summed E-state index contributed by atoms with van der Waals surface area (Å²) in [7, 11) is 2.15. The van der Waals surface area contributed by atoms with Crippen molar-refractivity contribution in [2.45, 2.75) is 4.90 Å². The Hall–Kier alpha value is -1.25. The molecule has 0 aliphatic heterocycles. The summed E-state index contributed by atoms with van der Waals surface area (Å²) in [6.07, 6.45) is 0. The van der Waals surface area contributed by atoms with Crippen molar-refractivity contribution in [3.05, 3.63) is 29.3 Å². The highest BCUT2D eigenvalue weighted by Crippen LogP contribution is 2.21. The summed E-state index contributed by atoms with van der Waals surface area (Å²) >= 11 is 0. The molecule has 0 atom stereocenters. The van der Waals surface area contributed by atoms with Crippen LogP contribution in [-0.4, -0.2) is 34.6 Å². The van der Waals surface area contributed by atoms with Gasteiger partial charge >= 0.3 is 0 Å². The van der Waals surface area contributed by atoms with Crippen molar-refractivity contribution >= 4 is 25.6 Å². The zero-order valence-corrected chi connectivity index (χ0v) is 11.3. The average Bonchev–Trinajstić information content (AvgIpc) is 2.31. The van der Waals surface area contributed by atoms with Gasteiger partial charge in [-0.3, -0.25) is 4.79 Å². The first kappa shape index (κ1) is 15.8. The van der Waals surface area contributed by atoms with Gasteiger partial charge in [0.2, 0.25) is 0 Å². The second-order valence-corrected chi connectivity index (χ2v) is 6.02. The lowest BCUT2D eigenvalue weighted by Gasteiger charge is -2.07. The zero-order chi connectivity index (χ0) is 14.6. The number of hydrogen-bond donors (Lipinski definition) is 1. The van der Waals surface area contributed by atoms with E-state index in [1.54, 1.807) is 0 Å². The molecular weight excluding hydrogens is 304 g/mol. The molecule has 1 aromatic carbocycles. The van der Waals surface area contributed by atoms with Crippen LogP contribution >= 0.6 is 10.7 Å². The number of rotatable bonds is 5. The second-order valence-electron chi connectivity index (χ2n) is 3.45. The van der Waals surface area contributed by atoms with Crippen LogP contribution in [0.2, 0.25) is 0 Å². The third-order valence-corrected chi connectivity index (χ3v) is 3.45. The minimum Gasteiger partial charge on any atom is -0.383 e. The summed E-state index contributed by atoms with van der Waals surface area (Å²) in [6.45, 7) is 0.234. The van der Waals surface area contributed by atoms with Crippen molar-refractivity contribution in [2.75, 3.05) is 20.3 Å². The van der Waals surface area contributed by atoms with Crippen LogP contribution in [0.3, 0.4) is 0 Å². The summed E-state index contributed by atoms with van der Waals surface area (Å²) in [6, 6.07) is 1.08. The number of carbonyl (C=O) groups excluding carboxylic acids is 1. The molecular formula is C10H10ClF2NO4S. The molecule has 0 fully saturated rings. The smallest absolute Gasteiger partial charge is 0.261 e. The van der Waals surface area contributed by atoms with Crippen LogP contribution in [0.25, 0.3) is 0 Å². The van der Waals surface area contributed by atoms with E-state index in [2.05, 4.69) is 10.1 Å². The summed E-state index contributed by atoms with van der Waals surface area (Å²) in [5.41, 5.74) is -0.740. The molecule has 0 spiro atoms. The van der Waals surface area contributed by atoms with E-state index in [0.717, 1.165) is 0 Å². The van der Waals surface area contributed by atoms with Gasteiger partial charge in [-0.05, 0) is 12.1 Å². The van der Waals surface area contributed by atoms with Crippen LogP contribution in [0.4, 0.5) is 8.78 Å². The van der Waals surface area contributed by atoms with Crippen LogP contribution in [0, 0.1) is 11.6 Å². The second kappa shape index (κ2) is 6.27. The third kappa shape index (κ3) is 4.12. The number of amides is 1. The molecule has 19 heavy (non-hydrogen) atoms. The topological polar surface area (TPSA) is 72.5 Å². The van der Waals surface area contributed by atoms with E-state index in [4.69, 9.17) is 10.7 Å². The summed E-state index contributed by atoms with van der Waals surface area (Å²) in [5, 5.41) is 2.24. The molecule has 0 radical (unpaired) electrons. The van der Waals surface area contributed by atoms with Crippen LogP contribution in [0.5, 0.6) is 0 Å². The van der Waals surface area contributed by atoms with Crippen molar-refractivity contribution in [1.82, 2.24) is 5.32 Å². The van der Waals surface area contributed by atoms with Gasteiger partial charge in [0, 0.05) is 24.3 Å². The highest BCUT2D eigenvalue weighted by molar-refractivity contribution is 8.13. The first-order chi connectivity index (χ1) is 8.77. The highest BCUT2D eigenvalue weighted by atomic mass is 35.7. The maximum atomic E-state index is 13.4. The molecule has 0 aliphatic rings. The minimum absolute atomic E-state index is 0.0637. The molecule has 1 aromatic rings. The quantitative estimate of drug-likeness (QED) is 0.656. The van der Waals surface area contributed by atoms with Crippen molar-refractivity contribution < 1.29 is 26.7 Å². The Morgan fingerprint density at radius 2 is 2.05 bits per heavy atom. The van der Waals surface area contributed by atoms with Crippen molar-refractivity contribution in [3.8, 4) is 0 Å². The van der Waals surface area contributed by atoms with E-state index >= 15 is 0 Å². The van der Waals surface area contributed by atoms with Gasteiger partial charge in [-0.2, -0.15) is 0 Å². The molecule has 9 heteroatoms. The number of ether oxygens (including phenoxy) is 1. The van der Waals surface area contributed by atoms with Crippen LogP contribution in [0.1, 0.15) is 10.4 Å². The predicted molar refractivity (Wildman–Crippen MR) is 63.6 cm³/mol. The monoisotopic (exact) mass is 313 g/mol. The molecule has 106 valence electrons. The van der Waals surface area contributed by atoms with Crippen molar-refractivity contribution in [2.24, 2.45) is 0 Å². The molecule has 0 heterocycles. The molecule has 0 bridgehead atoms. The summed E-state index contributed by atoms with van der Waals surface area (Å²) < 4.78 is 53.4. The Labute approximate surface area is 112 Å². The Morgan fingerprint density at radius 3 is 2.58 bits per heavy atom. The first-order valence-corrected chi connectivity index (χ1v) is 7.29.